The number of carbonyl (C=O) groups is 1. The quantitative estimate of drug-likeness (QED) is 0.722. The molecule has 1 unspecified atom stereocenters. The summed E-state index contributed by atoms with van der Waals surface area (Å²) in [6, 6.07) is 9.70. The fourth-order valence-electron chi connectivity index (χ4n) is 2.78. The Balaban J connectivity index is 1.85. The summed E-state index contributed by atoms with van der Waals surface area (Å²) < 4.78 is 1.78. The molecule has 1 heterocycles. The van der Waals surface area contributed by atoms with Crippen LogP contribution in [0.2, 0.25) is 0 Å². The van der Waals surface area contributed by atoms with Crippen LogP contribution in [0.15, 0.2) is 42.7 Å². The predicted molar refractivity (Wildman–Crippen MR) is 99.4 cm³/mol. The number of aromatic nitrogens is 2. The van der Waals surface area contributed by atoms with Gasteiger partial charge in [-0.2, -0.15) is 5.10 Å². The third-order valence-electron chi connectivity index (χ3n) is 4.22. The lowest BCUT2D eigenvalue weighted by molar-refractivity contribution is 0.0154. The normalized spacial score (nSPS) is 12.9. The average Bonchev–Trinajstić information content (AvgIpc) is 3.00. The zero-order valence-corrected chi connectivity index (χ0v) is 15.4. The highest BCUT2D eigenvalue weighted by molar-refractivity contribution is 5.88. The van der Waals surface area contributed by atoms with Crippen molar-refractivity contribution < 1.29 is 9.90 Å². The molecular formula is C19H28N4O2. The van der Waals surface area contributed by atoms with Crippen LogP contribution in [0.25, 0.3) is 0 Å². The third kappa shape index (κ3) is 5.60. The summed E-state index contributed by atoms with van der Waals surface area (Å²) in [5.74, 6) is 0.135. The van der Waals surface area contributed by atoms with Crippen molar-refractivity contribution in [2.75, 3.05) is 11.9 Å². The average molecular weight is 344 g/mol. The molecule has 6 nitrogen and oxygen atoms in total. The van der Waals surface area contributed by atoms with Crippen molar-refractivity contribution in [2.24, 2.45) is 11.3 Å². The highest BCUT2D eigenvalue weighted by Gasteiger charge is 2.30. The van der Waals surface area contributed by atoms with Gasteiger partial charge in [-0.3, -0.25) is 4.68 Å². The molecule has 0 aliphatic rings. The van der Waals surface area contributed by atoms with Crippen molar-refractivity contribution >= 4 is 11.7 Å². The molecule has 0 fully saturated rings. The van der Waals surface area contributed by atoms with E-state index in [1.807, 2.05) is 58.0 Å². The molecule has 1 aromatic heterocycles. The van der Waals surface area contributed by atoms with Crippen molar-refractivity contribution in [3.05, 3.63) is 48.3 Å². The Morgan fingerprint density at radius 3 is 2.60 bits per heavy atom. The van der Waals surface area contributed by atoms with Gasteiger partial charge >= 0.3 is 6.03 Å². The van der Waals surface area contributed by atoms with Crippen LogP contribution < -0.4 is 10.6 Å². The van der Waals surface area contributed by atoms with Crippen LogP contribution in [0.3, 0.4) is 0 Å². The molecule has 0 spiro atoms. The van der Waals surface area contributed by atoms with Gasteiger partial charge in [-0.25, -0.2) is 4.79 Å². The van der Waals surface area contributed by atoms with E-state index in [9.17, 15) is 9.90 Å². The third-order valence-corrected chi connectivity index (χ3v) is 4.22. The lowest BCUT2D eigenvalue weighted by atomic mass is 9.81. The van der Waals surface area contributed by atoms with Crippen molar-refractivity contribution in [2.45, 2.75) is 40.3 Å². The van der Waals surface area contributed by atoms with Gasteiger partial charge in [0.2, 0.25) is 0 Å². The minimum Gasteiger partial charge on any atom is -0.392 e. The maximum Gasteiger partial charge on any atom is 0.319 e. The summed E-state index contributed by atoms with van der Waals surface area (Å²) in [6.45, 7) is 8.85. The van der Waals surface area contributed by atoms with Crippen molar-refractivity contribution in [1.82, 2.24) is 15.1 Å². The van der Waals surface area contributed by atoms with E-state index in [2.05, 4.69) is 15.7 Å². The Kier molecular flexibility index (Phi) is 6.20. The van der Waals surface area contributed by atoms with Crippen LogP contribution in [0.1, 0.15) is 33.3 Å². The van der Waals surface area contributed by atoms with E-state index in [4.69, 9.17) is 0 Å². The lowest BCUT2D eigenvalue weighted by Gasteiger charge is -2.33. The number of benzene rings is 1. The number of nitrogens with zero attached hydrogens (tertiary/aromatic N) is 2. The van der Waals surface area contributed by atoms with Gasteiger partial charge in [-0.1, -0.05) is 58.0 Å². The van der Waals surface area contributed by atoms with E-state index < -0.39 is 11.5 Å². The molecule has 1 atom stereocenters. The van der Waals surface area contributed by atoms with E-state index in [1.165, 1.54) is 0 Å². The fourth-order valence-corrected chi connectivity index (χ4v) is 2.78. The predicted octanol–water partition coefficient (Wildman–Crippen LogP) is 3.10. The lowest BCUT2D eigenvalue weighted by Crippen LogP contribution is -2.44. The van der Waals surface area contributed by atoms with Gasteiger partial charge in [0.25, 0.3) is 0 Å². The molecule has 0 saturated heterocycles. The number of carbonyl (C=O) groups excluding carboxylic acids is 1. The number of anilines is 1. The topological polar surface area (TPSA) is 79.2 Å². The number of urea groups is 1. The van der Waals surface area contributed by atoms with E-state index in [0.29, 0.717) is 18.8 Å². The zero-order chi connectivity index (χ0) is 18.4. The fraction of sp³-hybridized carbons (Fsp3) is 0.474. The van der Waals surface area contributed by atoms with Gasteiger partial charge in [0.05, 0.1) is 24.5 Å². The SMILES string of the molecule is CC(C)C(O)C(C)(C)CNC(=O)Nc1cnn(Cc2ccccc2)c1. The van der Waals surface area contributed by atoms with Crippen molar-refractivity contribution in [1.29, 1.82) is 0 Å². The molecule has 0 bridgehead atoms. The van der Waals surface area contributed by atoms with E-state index in [1.54, 1.807) is 17.1 Å². The Labute approximate surface area is 149 Å². The Morgan fingerprint density at radius 1 is 1.28 bits per heavy atom. The molecule has 6 heteroatoms. The van der Waals surface area contributed by atoms with Crippen LogP contribution in [0.4, 0.5) is 10.5 Å². The summed E-state index contributed by atoms with van der Waals surface area (Å²) in [5, 5.41) is 20.1. The van der Waals surface area contributed by atoms with Crippen LogP contribution in [0, 0.1) is 11.3 Å². The zero-order valence-electron chi connectivity index (χ0n) is 15.4. The maximum absolute atomic E-state index is 12.1. The van der Waals surface area contributed by atoms with Gasteiger partial charge in [0.15, 0.2) is 0 Å². The minimum atomic E-state index is -0.485. The van der Waals surface area contributed by atoms with Crippen molar-refractivity contribution in [3.63, 3.8) is 0 Å². The molecule has 3 N–H and O–H groups in total. The number of hydrogen-bond acceptors (Lipinski definition) is 3. The molecule has 0 aliphatic carbocycles. The second-order valence-corrected chi connectivity index (χ2v) is 7.40. The van der Waals surface area contributed by atoms with Crippen LogP contribution in [-0.4, -0.2) is 33.6 Å². The highest BCUT2D eigenvalue weighted by atomic mass is 16.3. The first kappa shape index (κ1) is 19.0. The van der Waals surface area contributed by atoms with Crippen molar-refractivity contribution in [3.8, 4) is 0 Å². The molecule has 136 valence electrons. The maximum atomic E-state index is 12.1. The second-order valence-electron chi connectivity index (χ2n) is 7.40. The molecule has 0 radical (unpaired) electrons. The largest absolute Gasteiger partial charge is 0.392 e. The monoisotopic (exact) mass is 344 g/mol. The first-order valence-electron chi connectivity index (χ1n) is 8.57. The first-order valence-corrected chi connectivity index (χ1v) is 8.57. The number of aliphatic hydroxyl groups is 1. The van der Waals surface area contributed by atoms with E-state index in [0.717, 1.165) is 5.56 Å². The smallest absolute Gasteiger partial charge is 0.319 e. The minimum absolute atomic E-state index is 0.135. The molecular weight excluding hydrogens is 316 g/mol. The summed E-state index contributed by atoms with van der Waals surface area (Å²) in [5.41, 5.74) is 1.38. The van der Waals surface area contributed by atoms with E-state index in [-0.39, 0.29) is 11.9 Å². The molecule has 2 amide bonds. The Bertz CT molecular complexity index is 680. The summed E-state index contributed by atoms with van der Waals surface area (Å²) >= 11 is 0. The first-order chi connectivity index (χ1) is 11.8. The van der Waals surface area contributed by atoms with Gasteiger partial charge < -0.3 is 15.7 Å². The van der Waals surface area contributed by atoms with E-state index >= 15 is 0 Å². The Hall–Kier alpha value is -2.34. The molecule has 1 aromatic carbocycles. The number of hydrogen-bond donors (Lipinski definition) is 3. The number of aliphatic hydroxyl groups excluding tert-OH is 1. The van der Waals surface area contributed by atoms with Gasteiger partial charge in [0, 0.05) is 18.2 Å². The second kappa shape index (κ2) is 8.16. The molecule has 2 aromatic rings. The number of amides is 2. The summed E-state index contributed by atoms with van der Waals surface area (Å²) in [7, 11) is 0. The standard InChI is InChI=1S/C19H28N4O2/c1-14(2)17(24)19(3,4)13-20-18(25)22-16-10-21-23(12-16)11-15-8-6-5-7-9-15/h5-10,12,14,17,24H,11,13H2,1-4H3,(H2,20,22,25). The highest BCUT2D eigenvalue weighted by Crippen LogP contribution is 2.25. The van der Waals surface area contributed by atoms with Gasteiger partial charge in [0.1, 0.15) is 0 Å². The Morgan fingerprint density at radius 2 is 1.96 bits per heavy atom. The summed E-state index contributed by atoms with van der Waals surface area (Å²) in [6.07, 6.45) is 2.93. The number of rotatable bonds is 7. The van der Waals surface area contributed by atoms with Gasteiger partial charge in [-0.05, 0) is 11.5 Å². The van der Waals surface area contributed by atoms with Crippen LogP contribution in [-0.2, 0) is 6.54 Å². The van der Waals surface area contributed by atoms with Crippen LogP contribution >= 0.6 is 0 Å². The van der Waals surface area contributed by atoms with Gasteiger partial charge in [-0.15, -0.1) is 0 Å². The number of nitrogens with one attached hydrogen (secondary N) is 2. The molecule has 2 rings (SSSR count). The molecule has 25 heavy (non-hydrogen) atoms. The van der Waals surface area contributed by atoms with Crippen LogP contribution in [0.5, 0.6) is 0 Å². The molecule has 0 saturated carbocycles. The summed E-state index contributed by atoms with van der Waals surface area (Å²) in [4.78, 5) is 12.1. The molecule has 0 aliphatic heterocycles.